The van der Waals surface area contributed by atoms with Gasteiger partial charge in [-0.15, -0.1) is 12.6 Å². The lowest BCUT2D eigenvalue weighted by Crippen LogP contribution is -2.28. The highest BCUT2D eigenvalue weighted by atomic mass is 32.1. The molecule has 0 aliphatic rings. The Bertz CT molecular complexity index is 2920. The van der Waals surface area contributed by atoms with Crippen molar-refractivity contribution in [3.8, 4) is 39.1 Å². The normalized spacial score (nSPS) is 13.6. The molecule has 3 heteroatoms. The van der Waals surface area contributed by atoms with E-state index in [0.29, 0.717) is 0 Å². The number of allylic oxidation sites excluding steroid dienone is 6. The molecule has 296 valence electrons. The molecule has 7 aromatic rings. The second-order valence-corrected chi connectivity index (χ2v) is 16.3. The van der Waals surface area contributed by atoms with Crippen LogP contribution in [-0.2, 0) is 0 Å². The van der Waals surface area contributed by atoms with Gasteiger partial charge in [-0.2, -0.15) is 0 Å². The molecule has 1 aromatic heterocycles. The summed E-state index contributed by atoms with van der Waals surface area (Å²) in [6.07, 6.45) is 13.6. The van der Waals surface area contributed by atoms with Gasteiger partial charge in [0, 0.05) is 21.2 Å². The third-order valence-corrected chi connectivity index (χ3v) is 12.8. The lowest BCUT2D eigenvalue weighted by atomic mass is 9.72. The molecule has 7 rings (SSSR count). The SMILES string of the molecule is [B]c1c(-c2ccc3c(c2)c(=C\c2ccccc2)/c(=C\C=C/C)n3-c2ccc(-c3cccc(-c4ccccc4)c3)cc2)c(C)c(C)c(C)c1C(C)C/C(C=C)=C(C)\C(S)=C\C. The molecular formula is C57H54BNS. The van der Waals surface area contributed by atoms with E-state index >= 15 is 0 Å². The van der Waals surface area contributed by atoms with Crippen molar-refractivity contribution in [1.29, 1.82) is 0 Å². The molecule has 0 aliphatic heterocycles. The van der Waals surface area contributed by atoms with Crippen molar-refractivity contribution in [3.63, 3.8) is 0 Å². The monoisotopic (exact) mass is 795 g/mol. The van der Waals surface area contributed by atoms with Gasteiger partial charge >= 0.3 is 0 Å². The molecule has 0 N–H and O–H groups in total. The minimum Gasteiger partial charge on any atom is -0.309 e. The molecule has 0 spiro atoms. The lowest BCUT2D eigenvalue weighted by molar-refractivity contribution is 0.755. The molecule has 1 atom stereocenters. The van der Waals surface area contributed by atoms with Gasteiger partial charge < -0.3 is 4.57 Å². The number of aromatic nitrogens is 1. The first kappa shape index (κ1) is 42.1. The minimum absolute atomic E-state index is 0.168. The second kappa shape index (κ2) is 18.5. The van der Waals surface area contributed by atoms with Crippen LogP contribution in [0.3, 0.4) is 0 Å². The highest BCUT2D eigenvalue weighted by Crippen LogP contribution is 2.36. The zero-order chi connectivity index (χ0) is 42.5. The first-order valence-electron chi connectivity index (χ1n) is 20.9. The maximum absolute atomic E-state index is 7.37. The van der Waals surface area contributed by atoms with Crippen LogP contribution in [0.1, 0.15) is 67.9 Å². The fraction of sp³-hybridized carbons (Fsp3) is 0.158. The molecule has 0 aliphatic carbocycles. The van der Waals surface area contributed by atoms with Gasteiger partial charge in [-0.3, -0.25) is 0 Å². The summed E-state index contributed by atoms with van der Waals surface area (Å²) < 4.78 is 2.40. The van der Waals surface area contributed by atoms with E-state index in [2.05, 4.69) is 204 Å². The zero-order valence-electron chi connectivity index (χ0n) is 36.1. The quantitative estimate of drug-likeness (QED) is 0.0756. The van der Waals surface area contributed by atoms with Crippen LogP contribution in [0.15, 0.2) is 174 Å². The fourth-order valence-corrected chi connectivity index (χ4v) is 8.86. The van der Waals surface area contributed by atoms with Crippen molar-refractivity contribution in [3.05, 3.63) is 213 Å². The summed E-state index contributed by atoms with van der Waals surface area (Å²) in [6.45, 7) is 19.3. The van der Waals surface area contributed by atoms with Crippen LogP contribution in [0.4, 0.5) is 0 Å². The molecule has 2 radical (unpaired) electrons. The van der Waals surface area contributed by atoms with E-state index in [4.69, 9.17) is 20.5 Å². The Morgan fingerprint density at radius 2 is 1.35 bits per heavy atom. The molecule has 0 bridgehead atoms. The van der Waals surface area contributed by atoms with Crippen molar-refractivity contribution in [2.75, 3.05) is 0 Å². The Kier molecular flexibility index (Phi) is 13.0. The lowest BCUT2D eigenvalue weighted by Gasteiger charge is -2.26. The molecular weight excluding hydrogens is 742 g/mol. The maximum Gasteiger partial charge on any atom is 0.115 e. The van der Waals surface area contributed by atoms with Crippen molar-refractivity contribution >= 4 is 49.0 Å². The van der Waals surface area contributed by atoms with Crippen LogP contribution in [-0.4, -0.2) is 12.4 Å². The predicted octanol–water partition coefficient (Wildman–Crippen LogP) is 13.4. The molecule has 6 aromatic carbocycles. The Hall–Kier alpha value is -6.03. The number of fused-ring (bicyclic) bond motifs is 1. The van der Waals surface area contributed by atoms with Crippen LogP contribution in [0, 0.1) is 20.8 Å². The number of rotatable bonds is 11. The van der Waals surface area contributed by atoms with Crippen LogP contribution in [0.2, 0.25) is 0 Å². The number of benzene rings is 6. The van der Waals surface area contributed by atoms with E-state index in [-0.39, 0.29) is 5.92 Å². The van der Waals surface area contributed by atoms with E-state index < -0.39 is 0 Å². The van der Waals surface area contributed by atoms with Crippen molar-refractivity contribution < 1.29 is 0 Å². The largest absolute Gasteiger partial charge is 0.309 e. The summed E-state index contributed by atoms with van der Waals surface area (Å²) in [5.74, 6) is 0.168. The summed E-state index contributed by atoms with van der Waals surface area (Å²) >= 11 is 4.74. The number of hydrogen-bond donors (Lipinski definition) is 1. The van der Waals surface area contributed by atoms with Crippen molar-refractivity contribution in [2.24, 2.45) is 0 Å². The molecule has 60 heavy (non-hydrogen) atoms. The molecule has 1 heterocycles. The van der Waals surface area contributed by atoms with Crippen LogP contribution in [0.5, 0.6) is 0 Å². The molecule has 1 unspecified atom stereocenters. The standard InChI is InChI=1S/C57H54BNS/c1-9-12-26-52-50(34-42-20-15-13-16-21-42)51-36-48(56-40(7)38(5)39(6)55(57(56)58)37(4)33-43(10-2)41(8)54(60)11-3)29-32-53(51)59(52)49-30-27-45(28-31-49)47-25-19-24-46(35-47)44-22-17-14-18-23-44/h9-32,34-37,60H,2,33H2,1,3-8H3/b12-9-,43-41-,50-34+,52-26+,54-11-. The average molecular weight is 796 g/mol. The van der Waals surface area contributed by atoms with Gasteiger partial charge in [0.1, 0.15) is 7.85 Å². The Balaban J connectivity index is 1.42. The molecule has 1 nitrogen and oxygen atoms in total. The maximum atomic E-state index is 7.37. The van der Waals surface area contributed by atoms with Gasteiger partial charge in [0.25, 0.3) is 0 Å². The summed E-state index contributed by atoms with van der Waals surface area (Å²) in [6, 6.07) is 45.8. The number of nitrogens with zero attached hydrogens (tertiary/aromatic N) is 1. The third-order valence-electron chi connectivity index (χ3n) is 12.2. The molecule has 0 fully saturated rings. The van der Waals surface area contributed by atoms with Crippen LogP contribution in [0.25, 0.3) is 62.1 Å². The number of thiol groups is 1. The Labute approximate surface area is 364 Å². The van der Waals surface area contributed by atoms with E-state index in [1.165, 1.54) is 55.5 Å². The summed E-state index contributed by atoms with van der Waals surface area (Å²) in [4.78, 5) is 0.974. The zero-order valence-corrected chi connectivity index (χ0v) is 36.9. The molecule has 0 amide bonds. The van der Waals surface area contributed by atoms with Crippen molar-refractivity contribution in [1.82, 2.24) is 4.57 Å². The van der Waals surface area contributed by atoms with E-state index in [0.717, 1.165) is 60.8 Å². The van der Waals surface area contributed by atoms with E-state index in [1.807, 2.05) is 19.1 Å². The predicted molar refractivity (Wildman–Crippen MR) is 266 cm³/mol. The third kappa shape index (κ3) is 8.38. The van der Waals surface area contributed by atoms with Crippen molar-refractivity contribution in [2.45, 2.75) is 60.8 Å². The smallest absolute Gasteiger partial charge is 0.115 e. The van der Waals surface area contributed by atoms with E-state index in [1.54, 1.807) is 0 Å². The van der Waals surface area contributed by atoms with Crippen LogP contribution < -0.4 is 16.0 Å². The first-order chi connectivity index (χ1) is 29.1. The summed E-state index contributed by atoms with van der Waals surface area (Å²) in [5.41, 5.74) is 18.5. The van der Waals surface area contributed by atoms with Gasteiger partial charge in [-0.05, 0) is 169 Å². The minimum atomic E-state index is 0.168. The molecule has 0 saturated heterocycles. The first-order valence-corrected chi connectivity index (χ1v) is 21.4. The van der Waals surface area contributed by atoms with E-state index in [9.17, 15) is 0 Å². The number of hydrogen-bond acceptors (Lipinski definition) is 1. The van der Waals surface area contributed by atoms with Crippen LogP contribution >= 0.6 is 12.6 Å². The van der Waals surface area contributed by atoms with Gasteiger partial charge in [0.15, 0.2) is 0 Å². The summed E-state index contributed by atoms with van der Waals surface area (Å²) in [5, 5.41) is 3.44. The topological polar surface area (TPSA) is 4.93 Å². The van der Waals surface area contributed by atoms with Gasteiger partial charge in [0.2, 0.25) is 0 Å². The van der Waals surface area contributed by atoms with Gasteiger partial charge in [-0.25, -0.2) is 0 Å². The highest BCUT2D eigenvalue weighted by molar-refractivity contribution is 7.84. The average Bonchev–Trinajstić information content (AvgIpc) is 3.58. The highest BCUT2D eigenvalue weighted by Gasteiger charge is 2.22. The Morgan fingerprint density at radius 3 is 1.98 bits per heavy atom. The second-order valence-electron chi connectivity index (χ2n) is 15.8. The Morgan fingerprint density at radius 1 is 0.733 bits per heavy atom. The van der Waals surface area contributed by atoms with Gasteiger partial charge in [-0.1, -0.05) is 140 Å². The van der Waals surface area contributed by atoms with Gasteiger partial charge in [0.05, 0.1) is 10.9 Å². The fourth-order valence-electron chi connectivity index (χ4n) is 8.72. The summed E-state index contributed by atoms with van der Waals surface area (Å²) in [7, 11) is 7.37. The molecule has 0 saturated carbocycles.